The number of aryl methyl sites for hydroxylation is 3. The van der Waals surface area contributed by atoms with Gasteiger partial charge in [-0.05, 0) is 63.3 Å². The van der Waals surface area contributed by atoms with Gasteiger partial charge in [-0.2, -0.15) is 0 Å². The lowest BCUT2D eigenvalue weighted by Gasteiger charge is -2.21. The third-order valence-electron chi connectivity index (χ3n) is 5.62. The average Bonchev–Trinajstić information content (AvgIpc) is 2.91. The fourth-order valence-electron chi connectivity index (χ4n) is 4.34. The lowest BCUT2D eigenvalue weighted by atomic mass is 9.94. The van der Waals surface area contributed by atoms with Crippen LogP contribution < -0.4 is 4.57 Å². The fourth-order valence-corrected chi connectivity index (χ4v) is 4.34. The van der Waals surface area contributed by atoms with Crippen LogP contribution in [0.5, 0.6) is 0 Å². The van der Waals surface area contributed by atoms with Crippen molar-refractivity contribution in [1.82, 2.24) is 4.57 Å². The van der Waals surface area contributed by atoms with Gasteiger partial charge in [0.25, 0.3) is 5.82 Å². The molecule has 3 aromatic rings. The molecule has 1 fully saturated rings. The van der Waals surface area contributed by atoms with Crippen molar-refractivity contribution in [3.63, 3.8) is 0 Å². The second-order valence-corrected chi connectivity index (χ2v) is 7.35. The Morgan fingerprint density at radius 2 is 1.71 bits per heavy atom. The molecule has 2 heteroatoms. The van der Waals surface area contributed by atoms with Gasteiger partial charge in [-0.1, -0.05) is 36.2 Å². The molecule has 124 valence electrons. The van der Waals surface area contributed by atoms with Crippen LogP contribution in [0.15, 0.2) is 42.5 Å². The molecule has 0 saturated heterocycles. The molecule has 24 heavy (non-hydrogen) atoms. The Bertz CT molecular complexity index is 882. The SMILES string of the molecule is Cc1ccc(C)c(-c2n(C3CCCCC3)c3ccccc3[n+]2C)c1. The lowest BCUT2D eigenvalue weighted by molar-refractivity contribution is -0.634. The Kier molecular flexibility index (Phi) is 3.91. The quantitative estimate of drug-likeness (QED) is 0.570. The minimum atomic E-state index is 0.625. The second-order valence-electron chi connectivity index (χ2n) is 7.35. The predicted molar refractivity (Wildman–Crippen MR) is 100 cm³/mol. The number of rotatable bonds is 2. The molecule has 0 radical (unpaired) electrons. The first kappa shape index (κ1) is 15.4. The molecule has 0 unspecified atom stereocenters. The summed E-state index contributed by atoms with van der Waals surface area (Å²) in [5.74, 6) is 1.37. The van der Waals surface area contributed by atoms with Crippen molar-refractivity contribution < 1.29 is 4.57 Å². The summed E-state index contributed by atoms with van der Waals surface area (Å²) in [4.78, 5) is 0. The maximum atomic E-state index is 2.64. The molecule has 0 spiro atoms. The molecular weight excluding hydrogens is 292 g/mol. The maximum Gasteiger partial charge on any atom is 0.290 e. The fraction of sp³-hybridized carbons (Fsp3) is 0.409. The molecule has 1 aliphatic rings. The largest absolute Gasteiger partial charge is 0.290 e. The van der Waals surface area contributed by atoms with E-state index in [4.69, 9.17) is 0 Å². The first-order valence-corrected chi connectivity index (χ1v) is 9.23. The number of hydrogen-bond acceptors (Lipinski definition) is 0. The van der Waals surface area contributed by atoms with Crippen LogP contribution in [0.2, 0.25) is 0 Å². The molecule has 4 rings (SSSR count). The van der Waals surface area contributed by atoms with Gasteiger partial charge in [-0.15, -0.1) is 0 Å². The van der Waals surface area contributed by atoms with Crippen LogP contribution >= 0.6 is 0 Å². The standard InChI is InChI=1S/C22H27N2/c1-16-13-14-17(2)19(15-16)22-23(3)20-11-7-8-12-21(20)24(22)18-9-5-4-6-10-18/h7-8,11-15,18H,4-6,9-10H2,1-3H3/q+1. The van der Waals surface area contributed by atoms with Gasteiger partial charge in [0, 0.05) is 0 Å². The van der Waals surface area contributed by atoms with Crippen molar-refractivity contribution in [3.8, 4) is 11.4 Å². The van der Waals surface area contributed by atoms with Gasteiger partial charge in [0.1, 0.15) is 6.04 Å². The Hall–Kier alpha value is -2.09. The minimum absolute atomic E-state index is 0.625. The van der Waals surface area contributed by atoms with Crippen molar-refractivity contribution >= 4 is 11.0 Å². The van der Waals surface area contributed by atoms with Crippen LogP contribution in [0.1, 0.15) is 49.3 Å². The zero-order valence-electron chi connectivity index (χ0n) is 15.0. The van der Waals surface area contributed by atoms with Crippen molar-refractivity contribution in [2.45, 2.75) is 52.0 Å². The van der Waals surface area contributed by atoms with Gasteiger partial charge >= 0.3 is 0 Å². The van der Waals surface area contributed by atoms with Crippen molar-refractivity contribution in [3.05, 3.63) is 53.6 Å². The Labute approximate surface area is 144 Å². The number of imidazole rings is 1. The van der Waals surface area contributed by atoms with E-state index in [0.717, 1.165) is 0 Å². The highest BCUT2D eigenvalue weighted by Gasteiger charge is 2.31. The lowest BCUT2D eigenvalue weighted by Crippen LogP contribution is -2.31. The summed E-state index contributed by atoms with van der Waals surface area (Å²) in [6.07, 6.45) is 6.70. The van der Waals surface area contributed by atoms with E-state index in [1.807, 2.05) is 0 Å². The number of hydrogen-bond donors (Lipinski definition) is 0. The van der Waals surface area contributed by atoms with Gasteiger partial charge in [0.05, 0.1) is 12.6 Å². The highest BCUT2D eigenvalue weighted by molar-refractivity contribution is 5.77. The number of para-hydroxylation sites is 2. The van der Waals surface area contributed by atoms with Gasteiger partial charge in [-0.3, -0.25) is 0 Å². The average molecular weight is 319 g/mol. The Morgan fingerprint density at radius 1 is 0.958 bits per heavy atom. The predicted octanol–water partition coefficient (Wildman–Crippen LogP) is 5.25. The van der Waals surface area contributed by atoms with Crippen LogP contribution in [-0.2, 0) is 7.05 Å². The Morgan fingerprint density at radius 3 is 2.50 bits per heavy atom. The first-order chi connectivity index (χ1) is 11.7. The number of nitrogens with zero attached hydrogens (tertiary/aromatic N) is 2. The number of fused-ring (bicyclic) bond motifs is 1. The molecule has 2 aromatic carbocycles. The van der Waals surface area contributed by atoms with E-state index >= 15 is 0 Å². The summed E-state index contributed by atoms with van der Waals surface area (Å²) in [6.45, 7) is 4.42. The minimum Gasteiger partial charge on any atom is -0.226 e. The van der Waals surface area contributed by atoms with Crippen LogP contribution in [0, 0.1) is 13.8 Å². The highest BCUT2D eigenvalue weighted by Crippen LogP contribution is 2.35. The summed E-state index contributed by atoms with van der Waals surface area (Å²) in [7, 11) is 2.22. The van der Waals surface area contributed by atoms with Crippen LogP contribution in [0.4, 0.5) is 0 Å². The first-order valence-electron chi connectivity index (χ1n) is 9.23. The van der Waals surface area contributed by atoms with Gasteiger partial charge < -0.3 is 0 Å². The van der Waals surface area contributed by atoms with Crippen molar-refractivity contribution in [2.75, 3.05) is 0 Å². The van der Waals surface area contributed by atoms with Crippen molar-refractivity contribution in [1.29, 1.82) is 0 Å². The second kappa shape index (κ2) is 6.08. The zero-order chi connectivity index (χ0) is 16.7. The molecule has 0 aliphatic heterocycles. The normalized spacial score (nSPS) is 16.0. The molecule has 1 aromatic heterocycles. The van der Waals surface area contributed by atoms with Gasteiger partial charge in [-0.25, -0.2) is 9.13 Å². The summed E-state index contributed by atoms with van der Waals surface area (Å²) < 4.78 is 5.03. The molecule has 2 nitrogen and oxygen atoms in total. The molecule has 1 aliphatic carbocycles. The Balaban J connectivity index is 2.03. The van der Waals surface area contributed by atoms with Crippen LogP contribution in [-0.4, -0.2) is 4.57 Å². The van der Waals surface area contributed by atoms with E-state index in [9.17, 15) is 0 Å². The van der Waals surface area contributed by atoms with E-state index in [1.165, 1.54) is 65.7 Å². The molecule has 0 amide bonds. The number of benzene rings is 2. The third-order valence-corrected chi connectivity index (χ3v) is 5.62. The van der Waals surface area contributed by atoms with Crippen molar-refractivity contribution in [2.24, 2.45) is 7.05 Å². The van der Waals surface area contributed by atoms with Crippen LogP contribution in [0.25, 0.3) is 22.4 Å². The molecule has 1 heterocycles. The van der Waals surface area contributed by atoms with E-state index in [-0.39, 0.29) is 0 Å². The molecule has 0 atom stereocenters. The zero-order valence-corrected chi connectivity index (χ0v) is 15.0. The van der Waals surface area contributed by atoms with E-state index in [1.54, 1.807) is 0 Å². The summed E-state index contributed by atoms with van der Waals surface area (Å²) >= 11 is 0. The molecule has 0 bridgehead atoms. The third kappa shape index (κ3) is 2.45. The molecular formula is C22H27N2+. The van der Waals surface area contributed by atoms with Gasteiger partial charge in [0.15, 0.2) is 11.0 Å². The van der Waals surface area contributed by atoms with E-state index < -0.39 is 0 Å². The number of aromatic nitrogens is 2. The monoisotopic (exact) mass is 319 g/mol. The summed E-state index contributed by atoms with van der Waals surface area (Å²) in [6, 6.07) is 16.3. The summed E-state index contributed by atoms with van der Waals surface area (Å²) in [5.41, 5.74) is 6.77. The summed E-state index contributed by atoms with van der Waals surface area (Å²) in [5, 5.41) is 0. The molecule has 0 N–H and O–H groups in total. The van der Waals surface area contributed by atoms with E-state index in [2.05, 4.69) is 72.5 Å². The smallest absolute Gasteiger partial charge is 0.226 e. The van der Waals surface area contributed by atoms with E-state index in [0.29, 0.717) is 6.04 Å². The highest BCUT2D eigenvalue weighted by atomic mass is 15.2. The van der Waals surface area contributed by atoms with Gasteiger partial charge in [0.2, 0.25) is 0 Å². The van der Waals surface area contributed by atoms with Crippen LogP contribution in [0.3, 0.4) is 0 Å². The molecule has 1 saturated carbocycles. The topological polar surface area (TPSA) is 8.81 Å². The maximum absolute atomic E-state index is 2.64.